The summed E-state index contributed by atoms with van der Waals surface area (Å²) in [6.07, 6.45) is 0.572. The summed E-state index contributed by atoms with van der Waals surface area (Å²) in [5, 5.41) is 0. The molecule has 4 heteroatoms. The van der Waals surface area contributed by atoms with E-state index in [0.717, 1.165) is 0 Å². The molecule has 0 aliphatic rings. The highest BCUT2D eigenvalue weighted by Gasteiger charge is 2.23. The maximum Gasteiger partial charge on any atom is 0.328 e. The molecule has 12 heavy (non-hydrogen) atoms. The minimum absolute atomic E-state index is 0.132. The lowest BCUT2D eigenvalue weighted by molar-refractivity contribution is -0.151. The van der Waals surface area contributed by atoms with Gasteiger partial charge in [0.15, 0.2) is 0 Å². The van der Waals surface area contributed by atoms with Gasteiger partial charge in [-0.15, -0.1) is 0 Å². The van der Waals surface area contributed by atoms with E-state index < -0.39 is 6.04 Å². The van der Waals surface area contributed by atoms with Gasteiger partial charge < -0.3 is 9.64 Å². The molecule has 0 rings (SSSR count). The average molecular weight is 173 g/mol. The van der Waals surface area contributed by atoms with Crippen molar-refractivity contribution in [2.45, 2.75) is 26.3 Å². The molecule has 0 spiro atoms. The number of methoxy groups -OCH3 is 1. The van der Waals surface area contributed by atoms with Crippen LogP contribution < -0.4 is 0 Å². The first-order valence-corrected chi connectivity index (χ1v) is 3.85. The van der Waals surface area contributed by atoms with Crippen molar-refractivity contribution in [3.8, 4) is 0 Å². The van der Waals surface area contributed by atoms with Crippen LogP contribution in [0.3, 0.4) is 0 Å². The second kappa shape index (κ2) is 4.74. The van der Waals surface area contributed by atoms with Crippen molar-refractivity contribution < 1.29 is 14.3 Å². The Hall–Kier alpha value is -1.06. The molecule has 1 amide bonds. The van der Waals surface area contributed by atoms with Crippen LogP contribution in [0, 0.1) is 0 Å². The fourth-order valence-corrected chi connectivity index (χ4v) is 0.954. The molecule has 0 N–H and O–H groups in total. The lowest BCUT2D eigenvalue weighted by atomic mass is 10.2. The van der Waals surface area contributed by atoms with Crippen LogP contribution in [-0.4, -0.2) is 37.0 Å². The molecule has 4 nitrogen and oxygen atoms in total. The predicted octanol–water partition coefficient (Wildman–Crippen LogP) is 0.416. The first kappa shape index (κ1) is 10.9. The number of nitrogens with zero attached hydrogens (tertiary/aromatic N) is 1. The molecule has 70 valence electrons. The molecule has 0 fully saturated rings. The van der Waals surface area contributed by atoms with Crippen LogP contribution in [0.1, 0.15) is 20.3 Å². The number of carbonyl (C=O) groups excluding carboxylic acids is 2. The third-order valence-electron chi connectivity index (χ3n) is 1.82. The summed E-state index contributed by atoms with van der Waals surface area (Å²) in [7, 11) is 2.91. The Kier molecular flexibility index (Phi) is 4.33. The fraction of sp³-hybridized carbons (Fsp3) is 0.750. The summed E-state index contributed by atoms with van der Waals surface area (Å²) < 4.78 is 4.54. The summed E-state index contributed by atoms with van der Waals surface area (Å²) in [5.74, 6) is -0.498. The van der Waals surface area contributed by atoms with Crippen molar-refractivity contribution in [1.82, 2.24) is 4.90 Å². The molecule has 1 unspecified atom stereocenters. The number of amides is 1. The second-order valence-electron chi connectivity index (χ2n) is 2.58. The van der Waals surface area contributed by atoms with Gasteiger partial charge in [0.25, 0.3) is 0 Å². The first-order chi connectivity index (χ1) is 5.54. The molecular formula is C8H15NO3. The van der Waals surface area contributed by atoms with E-state index >= 15 is 0 Å². The largest absolute Gasteiger partial charge is 0.467 e. The molecule has 0 aromatic heterocycles. The molecular weight excluding hydrogens is 158 g/mol. The number of likely N-dealkylation sites (N-methyl/N-ethyl adjacent to an activating group) is 1. The molecule has 0 bridgehead atoms. The molecule has 0 aliphatic carbocycles. The van der Waals surface area contributed by atoms with Crippen LogP contribution in [0.4, 0.5) is 0 Å². The van der Waals surface area contributed by atoms with Crippen molar-refractivity contribution in [2.75, 3.05) is 14.2 Å². The Labute approximate surface area is 72.5 Å². The summed E-state index contributed by atoms with van der Waals surface area (Å²) in [5.41, 5.74) is 0. The van der Waals surface area contributed by atoms with Gasteiger partial charge in [0.2, 0.25) is 5.91 Å². The van der Waals surface area contributed by atoms with Gasteiger partial charge in [-0.3, -0.25) is 4.79 Å². The highest BCUT2D eigenvalue weighted by atomic mass is 16.5. The Morgan fingerprint density at radius 2 is 2.00 bits per heavy atom. The quantitative estimate of drug-likeness (QED) is 0.581. The van der Waals surface area contributed by atoms with E-state index in [4.69, 9.17) is 0 Å². The minimum atomic E-state index is -0.451. The Morgan fingerprint density at radius 3 is 2.25 bits per heavy atom. The third kappa shape index (κ3) is 2.53. The monoisotopic (exact) mass is 173 g/mol. The van der Waals surface area contributed by atoms with Gasteiger partial charge in [0, 0.05) is 14.0 Å². The number of hydrogen-bond donors (Lipinski definition) is 0. The standard InChI is InChI=1S/C8H15NO3/c1-5-7(8(11)12-4)9(3)6(2)10/h7H,5H2,1-4H3. The van der Waals surface area contributed by atoms with Crippen LogP contribution >= 0.6 is 0 Å². The second-order valence-corrected chi connectivity index (χ2v) is 2.58. The Bertz CT molecular complexity index is 179. The van der Waals surface area contributed by atoms with Gasteiger partial charge in [-0.2, -0.15) is 0 Å². The third-order valence-corrected chi connectivity index (χ3v) is 1.82. The van der Waals surface area contributed by atoms with E-state index in [0.29, 0.717) is 6.42 Å². The highest BCUT2D eigenvalue weighted by Crippen LogP contribution is 2.03. The minimum Gasteiger partial charge on any atom is -0.467 e. The average Bonchev–Trinajstić information content (AvgIpc) is 2.05. The molecule has 0 aromatic carbocycles. The lowest BCUT2D eigenvalue weighted by Crippen LogP contribution is -2.41. The maximum absolute atomic E-state index is 11.1. The van der Waals surface area contributed by atoms with E-state index in [-0.39, 0.29) is 11.9 Å². The maximum atomic E-state index is 11.1. The van der Waals surface area contributed by atoms with E-state index in [1.165, 1.54) is 18.9 Å². The number of esters is 1. The van der Waals surface area contributed by atoms with Crippen LogP contribution in [-0.2, 0) is 14.3 Å². The van der Waals surface area contributed by atoms with Crippen molar-refractivity contribution in [3.05, 3.63) is 0 Å². The van der Waals surface area contributed by atoms with Gasteiger partial charge in [-0.25, -0.2) is 4.79 Å². The Balaban J connectivity index is 4.33. The van der Waals surface area contributed by atoms with E-state index in [1.807, 2.05) is 6.92 Å². The van der Waals surface area contributed by atoms with Crippen molar-refractivity contribution in [3.63, 3.8) is 0 Å². The van der Waals surface area contributed by atoms with Crippen LogP contribution in [0.2, 0.25) is 0 Å². The predicted molar refractivity (Wildman–Crippen MR) is 44.5 cm³/mol. The molecule has 1 atom stereocenters. The molecule has 0 heterocycles. The summed E-state index contributed by atoms with van der Waals surface area (Å²) in [6.45, 7) is 3.26. The van der Waals surface area contributed by atoms with Gasteiger partial charge in [-0.1, -0.05) is 6.92 Å². The topological polar surface area (TPSA) is 46.6 Å². The highest BCUT2D eigenvalue weighted by molar-refractivity contribution is 5.82. The van der Waals surface area contributed by atoms with E-state index in [2.05, 4.69) is 4.74 Å². The molecule has 0 saturated heterocycles. The fourth-order valence-electron chi connectivity index (χ4n) is 0.954. The molecule has 0 aliphatic heterocycles. The molecule has 0 radical (unpaired) electrons. The van der Waals surface area contributed by atoms with Crippen LogP contribution in [0.15, 0.2) is 0 Å². The van der Waals surface area contributed by atoms with E-state index in [9.17, 15) is 9.59 Å². The zero-order valence-electron chi connectivity index (χ0n) is 7.96. The van der Waals surface area contributed by atoms with Gasteiger partial charge in [0.1, 0.15) is 6.04 Å². The number of ether oxygens (including phenoxy) is 1. The lowest BCUT2D eigenvalue weighted by Gasteiger charge is -2.23. The number of hydrogen-bond acceptors (Lipinski definition) is 3. The van der Waals surface area contributed by atoms with Gasteiger partial charge in [-0.05, 0) is 6.42 Å². The zero-order chi connectivity index (χ0) is 9.72. The normalized spacial score (nSPS) is 12.0. The zero-order valence-corrected chi connectivity index (χ0v) is 7.96. The smallest absolute Gasteiger partial charge is 0.328 e. The summed E-state index contributed by atoms with van der Waals surface area (Å²) >= 11 is 0. The molecule has 0 aromatic rings. The number of carbonyl (C=O) groups is 2. The Morgan fingerprint density at radius 1 is 1.50 bits per heavy atom. The van der Waals surface area contributed by atoms with E-state index in [1.54, 1.807) is 7.05 Å². The van der Waals surface area contributed by atoms with Crippen LogP contribution in [0.25, 0.3) is 0 Å². The number of rotatable bonds is 3. The van der Waals surface area contributed by atoms with Crippen molar-refractivity contribution in [2.24, 2.45) is 0 Å². The summed E-state index contributed by atoms with van der Waals surface area (Å²) in [6, 6.07) is -0.451. The summed E-state index contributed by atoms with van der Waals surface area (Å²) in [4.78, 5) is 23.3. The van der Waals surface area contributed by atoms with Gasteiger partial charge >= 0.3 is 5.97 Å². The molecule has 0 saturated carbocycles. The van der Waals surface area contributed by atoms with Crippen molar-refractivity contribution in [1.29, 1.82) is 0 Å². The first-order valence-electron chi connectivity index (χ1n) is 3.85. The SMILES string of the molecule is CCC(C(=O)OC)N(C)C(C)=O. The van der Waals surface area contributed by atoms with Gasteiger partial charge in [0.05, 0.1) is 7.11 Å². The van der Waals surface area contributed by atoms with Crippen molar-refractivity contribution >= 4 is 11.9 Å². The van der Waals surface area contributed by atoms with Crippen LogP contribution in [0.5, 0.6) is 0 Å².